The van der Waals surface area contributed by atoms with Crippen LogP contribution in [0.25, 0.3) is 11.2 Å². The van der Waals surface area contributed by atoms with Crippen LogP contribution in [0.2, 0.25) is 0 Å². The van der Waals surface area contributed by atoms with Crippen LogP contribution in [0.3, 0.4) is 0 Å². The zero-order valence-corrected chi connectivity index (χ0v) is 9.42. The van der Waals surface area contributed by atoms with Crippen molar-refractivity contribution in [3.05, 3.63) is 59.0 Å². The van der Waals surface area contributed by atoms with Crippen molar-refractivity contribution in [2.45, 2.75) is 0 Å². The Bertz CT molecular complexity index is 737. The van der Waals surface area contributed by atoms with Crippen LogP contribution in [0.5, 0.6) is 0 Å². The molecule has 2 heterocycles. The van der Waals surface area contributed by atoms with Crippen LogP contribution in [-0.4, -0.2) is 15.0 Å². The first-order valence-corrected chi connectivity index (χ1v) is 5.49. The number of para-hydroxylation sites is 1. The first kappa shape index (κ1) is 10.5. The molecule has 5 heteroatoms. The quantitative estimate of drug-likeness (QED) is 0.717. The molecule has 0 saturated carbocycles. The maximum Gasteiger partial charge on any atom is 0.268 e. The molecule has 0 aliphatic carbocycles. The van der Waals surface area contributed by atoms with E-state index in [1.54, 1.807) is 0 Å². The molecular weight excluding hydrogens is 228 g/mol. The van der Waals surface area contributed by atoms with Crippen molar-refractivity contribution in [2.75, 3.05) is 5.32 Å². The van der Waals surface area contributed by atoms with Crippen molar-refractivity contribution in [3.8, 4) is 0 Å². The highest BCUT2D eigenvalue weighted by atomic mass is 16.1. The van der Waals surface area contributed by atoms with Gasteiger partial charge in [0.15, 0.2) is 5.65 Å². The minimum Gasteiger partial charge on any atom is -0.340 e. The van der Waals surface area contributed by atoms with Crippen LogP contribution < -0.4 is 10.9 Å². The number of pyridine rings is 1. The van der Waals surface area contributed by atoms with Gasteiger partial charge in [0.1, 0.15) is 11.3 Å². The van der Waals surface area contributed by atoms with Crippen molar-refractivity contribution in [3.63, 3.8) is 0 Å². The SMILES string of the molecule is O=c1cnc2ccc(Nc3ccccc3)nc2[nH]1. The Hall–Kier alpha value is -2.69. The monoisotopic (exact) mass is 238 g/mol. The van der Waals surface area contributed by atoms with Crippen LogP contribution in [0.4, 0.5) is 11.5 Å². The minimum absolute atomic E-state index is 0.258. The van der Waals surface area contributed by atoms with Gasteiger partial charge in [-0.05, 0) is 24.3 Å². The third kappa shape index (κ3) is 2.06. The van der Waals surface area contributed by atoms with Crippen LogP contribution in [0.15, 0.2) is 53.5 Å². The van der Waals surface area contributed by atoms with E-state index >= 15 is 0 Å². The number of aromatic nitrogens is 3. The number of H-pyrrole nitrogens is 1. The molecule has 3 rings (SSSR count). The predicted molar refractivity (Wildman–Crippen MR) is 69.9 cm³/mol. The Labute approximate surface area is 103 Å². The van der Waals surface area contributed by atoms with E-state index < -0.39 is 0 Å². The van der Waals surface area contributed by atoms with Gasteiger partial charge >= 0.3 is 0 Å². The van der Waals surface area contributed by atoms with E-state index in [0.29, 0.717) is 17.0 Å². The molecule has 0 unspecified atom stereocenters. The first-order valence-electron chi connectivity index (χ1n) is 5.49. The Morgan fingerprint density at radius 1 is 1.06 bits per heavy atom. The van der Waals surface area contributed by atoms with Crippen molar-refractivity contribution < 1.29 is 0 Å². The number of fused-ring (bicyclic) bond motifs is 1. The fraction of sp³-hybridized carbons (Fsp3) is 0. The van der Waals surface area contributed by atoms with Gasteiger partial charge in [0, 0.05) is 5.69 Å². The molecule has 0 radical (unpaired) electrons. The van der Waals surface area contributed by atoms with Crippen molar-refractivity contribution in [1.29, 1.82) is 0 Å². The molecule has 0 fully saturated rings. The number of nitrogens with one attached hydrogen (secondary N) is 2. The highest BCUT2D eigenvalue weighted by Crippen LogP contribution is 2.15. The maximum absolute atomic E-state index is 11.2. The van der Waals surface area contributed by atoms with E-state index in [-0.39, 0.29) is 5.56 Å². The number of rotatable bonds is 2. The average molecular weight is 238 g/mol. The van der Waals surface area contributed by atoms with E-state index in [0.717, 1.165) is 5.69 Å². The standard InChI is InChI=1S/C13H10N4O/c18-12-8-14-10-6-7-11(16-13(10)17-12)15-9-4-2-1-3-5-9/h1-8H,(H2,15,16,17,18). The van der Waals surface area contributed by atoms with Gasteiger partial charge in [0.2, 0.25) is 0 Å². The molecule has 0 atom stereocenters. The topological polar surface area (TPSA) is 70.7 Å². The average Bonchev–Trinajstić information content (AvgIpc) is 2.39. The van der Waals surface area contributed by atoms with Crippen LogP contribution in [0.1, 0.15) is 0 Å². The van der Waals surface area contributed by atoms with Gasteiger partial charge < -0.3 is 10.3 Å². The summed E-state index contributed by atoms with van der Waals surface area (Å²) in [5.74, 6) is 0.664. The lowest BCUT2D eigenvalue weighted by atomic mass is 10.3. The second-order valence-electron chi connectivity index (χ2n) is 3.80. The molecule has 1 aromatic carbocycles. The predicted octanol–water partition coefficient (Wildman–Crippen LogP) is 2.06. The number of aromatic amines is 1. The van der Waals surface area contributed by atoms with E-state index in [9.17, 15) is 4.79 Å². The summed E-state index contributed by atoms with van der Waals surface area (Å²) in [6.45, 7) is 0. The summed E-state index contributed by atoms with van der Waals surface area (Å²) in [4.78, 5) is 22.1. The Balaban J connectivity index is 2.00. The largest absolute Gasteiger partial charge is 0.340 e. The molecule has 18 heavy (non-hydrogen) atoms. The van der Waals surface area contributed by atoms with E-state index in [2.05, 4.69) is 20.3 Å². The van der Waals surface area contributed by atoms with Crippen LogP contribution in [-0.2, 0) is 0 Å². The molecule has 0 bridgehead atoms. The molecular formula is C13H10N4O. The number of benzene rings is 1. The summed E-state index contributed by atoms with van der Waals surface area (Å²) >= 11 is 0. The smallest absolute Gasteiger partial charge is 0.268 e. The lowest BCUT2D eigenvalue weighted by Gasteiger charge is -2.05. The minimum atomic E-state index is -0.258. The third-order valence-electron chi connectivity index (χ3n) is 2.48. The van der Waals surface area contributed by atoms with Gasteiger partial charge in [0.25, 0.3) is 5.56 Å². The molecule has 0 aliphatic rings. The third-order valence-corrected chi connectivity index (χ3v) is 2.48. The fourth-order valence-electron chi connectivity index (χ4n) is 1.66. The second-order valence-corrected chi connectivity index (χ2v) is 3.80. The molecule has 0 spiro atoms. The Morgan fingerprint density at radius 3 is 2.72 bits per heavy atom. The van der Waals surface area contributed by atoms with Gasteiger partial charge in [-0.15, -0.1) is 0 Å². The maximum atomic E-state index is 11.2. The Morgan fingerprint density at radius 2 is 1.89 bits per heavy atom. The van der Waals surface area contributed by atoms with Gasteiger partial charge in [0.05, 0.1) is 6.20 Å². The summed E-state index contributed by atoms with van der Waals surface area (Å²) in [7, 11) is 0. The van der Waals surface area contributed by atoms with Crippen LogP contribution >= 0.6 is 0 Å². The highest BCUT2D eigenvalue weighted by Gasteiger charge is 2.00. The summed E-state index contributed by atoms with van der Waals surface area (Å²) in [5.41, 5.74) is 1.82. The molecule has 2 aromatic heterocycles. The van der Waals surface area contributed by atoms with Gasteiger partial charge in [-0.25, -0.2) is 9.97 Å². The van der Waals surface area contributed by atoms with Gasteiger partial charge in [-0.1, -0.05) is 18.2 Å². The second kappa shape index (κ2) is 4.29. The summed E-state index contributed by atoms with van der Waals surface area (Å²) in [5, 5.41) is 3.15. The zero-order chi connectivity index (χ0) is 12.4. The highest BCUT2D eigenvalue weighted by molar-refractivity contribution is 5.72. The number of hydrogen-bond acceptors (Lipinski definition) is 4. The van der Waals surface area contributed by atoms with Crippen molar-refractivity contribution in [1.82, 2.24) is 15.0 Å². The molecule has 0 saturated heterocycles. The molecule has 3 aromatic rings. The molecule has 0 amide bonds. The summed E-state index contributed by atoms with van der Waals surface area (Å²) in [6, 6.07) is 13.3. The first-order chi connectivity index (χ1) is 8.81. The molecule has 88 valence electrons. The van der Waals surface area contributed by atoms with Gasteiger partial charge in [-0.2, -0.15) is 0 Å². The lowest BCUT2D eigenvalue weighted by Crippen LogP contribution is -2.06. The molecule has 2 N–H and O–H groups in total. The van der Waals surface area contributed by atoms with E-state index in [1.807, 2.05) is 42.5 Å². The van der Waals surface area contributed by atoms with Crippen molar-refractivity contribution in [2.24, 2.45) is 0 Å². The normalized spacial score (nSPS) is 10.4. The molecule has 0 aliphatic heterocycles. The number of nitrogens with zero attached hydrogens (tertiary/aromatic N) is 2. The van der Waals surface area contributed by atoms with Gasteiger partial charge in [-0.3, -0.25) is 4.79 Å². The Kier molecular flexibility index (Phi) is 2.49. The van der Waals surface area contributed by atoms with E-state index in [4.69, 9.17) is 0 Å². The lowest BCUT2D eigenvalue weighted by molar-refractivity contribution is 1.17. The van der Waals surface area contributed by atoms with Crippen LogP contribution in [0, 0.1) is 0 Å². The number of hydrogen-bond donors (Lipinski definition) is 2. The van der Waals surface area contributed by atoms with E-state index in [1.165, 1.54) is 6.20 Å². The van der Waals surface area contributed by atoms with Crippen molar-refractivity contribution >= 4 is 22.7 Å². The summed E-state index contributed by atoms with van der Waals surface area (Å²) in [6.07, 6.45) is 1.24. The fourth-order valence-corrected chi connectivity index (χ4v) is 1.66. The number of anilines is 2. The summed E-state index contributed by atoms with van der Waals surface area (Å²) < 4.78 is 0. The zero-order valence-electron chi connectivity index (χ0n) is 9.42. The molecule has 5 nitrogen and oxygen atoms in total.